The fourth-order valence-corrected chi connectivity index (χ4v) is 3.23. The number of amides is 1. The molecule has 6 nitrogen and oxygen atoms in total. The lowest BCUT2D eigenvalue weighted by molar-refractivity contribution is 0.0946. The summed E-state index contributed by atoms with van der Waals surface area (Å²) >= 11 is 0. The number of ether oxygens (including phenoxy) is 1. The number of fused-ring (bicyclic) bond motifs is 1. The molecule has 0 atom stereocenters. The minimum absolute atomic E-state index is 0.0951. The van der Waals surface area contributed by atoms with Crippen LogP contribution in [-0.2, 0) is 6.54 Å². The summed E-state index contributed by atoms with van der Waals surface area (Å²) < 4.78 is 5.72. The maximum absolute atomic E-state index is 12.9. The molecule has 0 aliphatic carbocycles. The van der Waals surface area contributed by atoms with Gasteiger partial charge in [-0.2, -0.15) is 0 Å². The Hall–Kier alpha value is -3.80. The molecule has 0 saturated carbocycles. The first-order chi connectivity index (χ1) is 14.6. The molecule has 3 aromatic heterocycles. The molecule has 0 saturated heterocycles. The van der Waals surface area contributed by atoms with Crippen LogP contribution in [0.3, 0.4) is 0 Å². The number of rotatable bonds is 6. The van der Waals surface area contributed by atoms with Crippen molar-refractivity contribution in [2.75, 3.05) is 0 Å². The maximum atomic E-state index is 12.9. The number of nitrogens with zero attached hydrogens (tertiary/aromatic N) is 3. The second-order valence-electron chi connectivity index (χ2n) is 7.18. The highest BCUT2D eigenvalue weighted by Gasteiger charge is 2.13. The van der Waals surface area contributed by atoms with Gasteiger partial charge < -0.3 is 10.1 Å². The average Bonchev–Trinajstić information content (AvgIpc) is 2.77. The third kappa shape index (κ3) is 4.43. The van der Waals surface area contributed by atoms with Gasteiger partial charge in [0.05, 0.1) is 11.6 Å². The van der Waals surface area contributed by atoms with Crippen LogP contribution < -0.4 is 10.1 Å². The van der Waals surface area contributed by atoms with Gasteiger partial charge in [-0.15, -0.1) is 0 Å². The molecule has 1 amide bonds. The van der Waals surface area contributed by atoms with Crippen molar-refractivity contribution in [1.82, 2.24) is 20.3 Å². The van der Waals surface area contributed by atoms with Gasteiger partial charge in [0.1, 0.15) is 11.4 Å². The Kier molecular flexibility index (Phi) is 5.66. The molecule has 0 radical (unpaired) electrons. The van der Waals surface area contributed by atoms with Crippen molar-refractivity contribution in [2.24, 2.45) is 0 Å². The summed E-state index contributed by atoms with van der Waals surface area (Å²) in [5, 5.41) is 3.84. The van der Waals surface area contributed by atoms with Crippen molar-refractivity contribution in [3.8, 4) is 16.9 Å². The second-order valence-corrected chi connectivity index (χ2v) is 7.18. The molecule has 3 heterocycles. The molecule has 4 aromatic rings. The van der Waals surface area contributed by atoms with Gasteiger partial charge in [0.15, 0.2) is 0 Å². The Labute approximate surface area is 175 Å². The van der Waals surface area contributed by atoms with Crippen LogP contribution in [0.1, 0.15) is 29.9 Å². The van der Waals surface area contributed by atoms with Gasteiger partial charge in [0.25, 0.3) is 5.91 Å². The Morgan fingerprint density at radius 1 is 1.03 bits per heavy atom. The van der Waals surface area contributed by atoms with Gasteiger partial charge in [-0.25, -0.2) is 4.98 Å². The van der Waals surface area contributed by atoms with Gasteiger partial charge in [-0.3, -0.25) is 14.8 Å². The molecule has 0 fully saturated rings. The standard InChI is InChI=1S/C24H22N4O2/c1-16(2)30-19-5-3-4-17(12-19)14-27-24(29)23-13-20(18-6-9-25-10-7-18)21-15-26-11-8-22(21)28-23/h3-13,15-16H,14H2,1-2H3,(H,27,29). The topological polar surface area (TPSA) is 77.0 Å². The molecule has 1 N–H and O–H groups in total. The van der Waals surface area contributed by atoms with E-state index in [2.05, 4.69) is 20.3 Å². The fraction of sp³-hybridized carbons (Fsp3) is 0.167. The van der Waals surface area contributed by atoms with Crippen LogP contribution in [0.2, 0.25) is 0 Å². The highest BCUT2D eigenvalue weighted by atomic mass is 16.5. The predicted molar refractivity (Wildman–Crippen MR) is 116 cm³/mol. The first-order valence-electron chi connectivity index (χ1n) is 9.79. The number of carbonyl (C=O) groups excluding carboxylic acids is 1. The molecular weight excluding hydrogens is 376 g/mol. The van der Waals surface area contributed by atoms with E-state index in [1.54, 1.807) is 30.9 Å². The Balaban J connectivity index is 1.60. The van der Waals surface area contributed by atoms with E-state index in [9.17, 15) is 4.79 Å². The molecule has 6 heteroatoms. The normalized spacial score (nSPS) is 10.9. The van der Waals surface area contributed by atoms with Crippen LogP contribution in [0, 0.1) is 0 Å². The zero-order chi connectivity index (χ0) is 20.9. The average molecular weight is 398 g/mol. The lowest BCUT2D eigenvalue weighted by Gasteiger charge is -2.12. The van der Waals surface area contributed by atoms with Crippen molar-refractivity contribution in [3.63, 3.8) is 0 Å². The van der Waals surface area contributed by atoms with Crippen molar-refractivity contribution in [3.05, 3.63) is 84.6 Å². The lowest BCUT2D eigenvalue weighted by Crippen LogP contribution is -2.24. The van der Waals surface area contributed by atoms with Crippen LogP contribution in [0.5, 0.6) is 5.75 Å². The number of hydrogen-bond acceptors (Lipinski definition) is 5. The molecule has 0 aliphatic rings. The van der Waals surface area contributed by atoms with Gasteiger partial charge in [-0.05, 0) is 66.9 Å². The van der Waals surface area contributed by atoms with E-state index in [1.165, 1.54) is 0 Å². The quantitative estimate of drug-likeness (QED) is 0.521. The minimum Gasteiger partial charge on any atom is -0.491 e. The van der Waals surface area contributed by atoms with Crippen LogP contribution in [0.4, 0.5) is 0 Å². The molecule has 0 spiro atoms. The Morgan fingerprint density at radius 3 is 2.63 bits per heavy atom. The molecule has 0 bridgehead atoms. The van der Waals surface area contributed by atoms with Crippen molar-refractivity contribution in [2.45, 2.75) is 26.5 Å². The summed E-state index contributed by atoms with van der Waals surface area (Å²) in [4.78, 5) is 25.7. The SMILES string of the molecule is CC(C)Oc1cccc(CNC(=O)c2cc(-c3ccncc3)c3cnccc3n2)c1. The molecule has 4 rings (SSSR count). The fourth-order valence-electron chi connectivity index (χ4n) is 3.23. The van der Waals surface area contributed by atoms with Crippen LogP contribution >= 0.6 is 0 Å². The van der Waals surface area contributed by atoms with Crippen molar-refractivity contribution >= 4 is 16.8 Å². The molecule has 150 valence electrons. The summed E-state index contributed by atoms with van der Waals surface area (Å²) in [6.07, 6.45) is 6.99. The summed E-state index contributed by atoms with van der Waals surface area (Å²) in [5.74, 6) is 0.548. The van der Waals surface area contributed by atoms with Gasteiger partial charge in [0, 0.05) is 36.7 Å². The number of hydrogen-bond donors (Lipinski definition) is 1. The molecular formula is C24H22N4O2. The first kappa shape index (κ1) is 19.5. The zero-order valence-corrected chi connectivity index (χ0v) is 16.9. The number of aromatic nitrogens is 3. The van der Waals surface area contributed by atoms with E-state index >= 15 is 0 Å². The van der Waals surface area contributed by atoms with Crippen molar-refractivity contribution < 1.29 is 9.53 Å². The monoisotopic (exact) mass is 398 g/mol. The summed E-state index contributed by atoms with van der Waals surface area (Å²) in [5.41, 5.74) is 3.89. The van der Waals surface area contributed by atoms with E-state index < -0.39 is 0 Å². The summed E-state index contributed by atoms with van der Waals surface area (Å²) in [6.45, 7) is 4.35. The second kappa shape index (κ2) is 8.69. The largest absolute Gasteiger partial charge is 0.491 e. The third-order valence-corrected chi connectivity index (χ3v) is 4.56. The highest BCUT2D eigenvalue weighted by molar-refractivity contribution is 6.00. The number of carbonyl (C=O) groups is 1. The van der Waals surface area contributed by atoms with Gasteiger partial charge >= 0.3 is 0 Å². The van der Waals surface area contributed by atoms with E-state index in [-0.39, 0.29) is 12.0 Å². The van der Waals surface area contributed by atoms with E-state index in [1.807, 2.05) is 56.3 Å². The van der Waals surface area contributed by atoms with E-state index in [0.717, 1.165) is 33.3 Å². The van der Waals surface area contributed by atoms with E-state index in [0.29, 0.717) is 12.2 Å². The smallest absolute Gasteiger partial charge is 0.270 e. The number of pyridine rings is 3. The Morgan fingerprint density at radius 2 is 1.83 bits per heavy atom. The zero-order valence-electron chi connectivity index (χ0n) is 16.9. The summed E-state index contributed by atoms with van der Waals surface area (Å²) in [7, 11) is 0. The van der Waals surface area contributed by atoms with Gasteiger partial charge in [-0.1, -0.05) is 12.1 Å². The summed E-state index contributed by atoms with van der Waals surface area (Å²) in [6, 6.07) is 15.1. The van der Waals surface area contributed by atoms with Crippen LogP contribution in [-0.4, -0.2) is 27.0 Å². The number of benzene rings is 1. The minimum atomic E-state index is -0.237. The predicted octanol–water partition coefficient (Wildman–Crippen LogP) is 4.41. The third-order valence-electron chi connectivity index (χ3n) is 4.56. The maximum Gasteiger partial charge on any atom is 0.270 e. The molecule has 0 unspecified atom stereocenters. The first-order valence-corrected chi connectivity index (χ1v) is 9.79. The van der Waals surface area contributed by atoms with Crippen LogP contribution in [0.15, 0.2) is 73.3 Å². The molecule has 1 aromatic carbocycles. The highest BCUT2D eigenvalue weighted by Crippen LogP contribution is 2.27. The van der Waals surface area contributed by atoms with Gasteiger partial charge in [0.2, 0.25) is 0 Å². The van der Waals surface area contributed by atoms with Crippen molar-refractivity contribution in [1.29, 1.82) is 0 Å². The Bertz CT molecular complexity index is 1180. The molecule has 30 heavy (non-hydrogen) atoms. The van der Waals surface area contributed by atoms with Crippen LogP contribution in [0.25, 0.3) is 22.0 Å². The molecule has 0 aliphatic heterocycles. The lowest BCUT2D eigenvalue weighted by atomic mass is 10.0. The van der Waals surface area contributed by atoms with E-state index in [4.69, 9.17) is 4.74 Å². The number of nitrogens with one attached hydrogen (secondary N) is 1.